The Kier molecular flexibility index (Phi) is 7.66. The van der Waals surface area contributed by atoms with E-state index in [9.17, 15) is 0 Å². The van der Waals surface area contributed by atoms with Gasteiger partial charge in [0, 0.05) is 0 Å². The van der Waals surface area contributed by atoms with Gasteiger partial charge < -0.3 is 0 Å². The van der Waals surface area contributed by atoms with Crippen molar-refractivity contribution in [2.75, 3.05) is 0 Å². The van der Waals surface area contributed by atoms with Crippen LogP contribution in [-0.2, 0) is 6.42 Å². The molecule has 35 heavy (non-hydrogen) atoms. The highest BCUT2D eigenvalue weighted by Gasteiger charge is 2.33. The molecule has 0 unspecified atom stereocenters. The maximum absolute atomic E-state index is 4.58. The van der Waals surface area contributed by atoms with Crippen molar-refractivity contribution >= 4 is 5.57 Å². The molecule has 3 aliphatic rings. The molecule has 0 nitrogen and oxygen atoms in total. The summed E-state index contributed by atoms with van der Waals surface area (Å²) in [5.41, 5.74) is 10.2. The topological polar surface area (TPSA) is 0 Å². The molecular weight excluding hydrogens is 420 g/mol. The number of fused-ring (bicyclic) bond motifs is 1. The van der Waals surface area contributed by atoms with E-state index in [0.717, 1.165) is 30.6 Å². The molecule has 2 atom stereocenters. The van der Waals surface area contributed by atoms with Crippen LogP contribution in [0, 0.1) is 24.7 Å². The van der Waals surface area contributed by atoms with E-state index in [-0.39, 0.29) is 0 Å². The average Bonchev–Trinajstić information content (AvgIpc) is 2.85. The summed E-state index contributed by atoms with van der Waals surface area (Å²) in [4.78, 5) is 0. The van der Waals surface area contributed by atoms with Gasteiger partial charge in [-0.3, -0.25) is 0 Å². The van der Waals surface area contributed by atoms with E-state index >= 15 is 0 Å². The number of benzene rings is 2. The molecular formula is C35H46. The number of rotatable bonds is 8. The van der Waals surface area contributed by atoms with E-state index < -0.39 is 0 Å². The summed E-state index contributed by atoms with van der Waals surface area (Å²) < 4.78 is 0. The lowest BCUT2D eigenvalue weighted by Crippen LogP contribution is -2.26. The first-order valence-electron chi connectivity index (χ1n) is 14.6. The van der Waals surface area contributed by atoms with Gasteiger partial charge in [-0.1, -0.05) is 92.9 Å². The van der Waals surface area contributed by atoms with E-state index in [1.54, 1.807) is 16.7 Å². The Balaban J connectivity index is 1.38. The van der Waals surface area contributed by atoms with E-state index in [0.29, 0.717) is 11.8 Å². The molecule has 2 aromatic carbocycles. The number of aryl methyl sites for hydroxylation is 2. The maximum atomic E-state index is 4.58. The second-order valence-electron chi connectivity index (χ2n) is 12.1. The van der Waals surface area contributed by atoms with Crippen LogP contribution in [0.1, 0.15) is 117 Å². The summed E-state index contributed by atoms with van der Waals surface area (Å²) in [6, 6.07) is 16.6. The van der Waals surface area contributed by atoms with Gasteiger partial charge in [-0.15, -0.1) is 0 Å². The second-order valence-corrected chi connectivity index (χ2v) is 12.1. The summed E-state index contributed by atoms with van der Waals surface area (Å²) in [5, 5.41) is 0. The zero-order chi connectivity index (χ0) is 24.4. The van der Waals surface area contributed by atoms with Gasteiger partial charge in [0.05, 0.1) is 0 Å². The smallest absolute Gasteiger partial charge is 0.00872 e. The molecule has 5 rings (SSSR count). The molecule has 0 N–H and O–H groups in total. The van der Waals surface area contributed by atoms with Gasteiger partial charge in [0.1, 0.15) is 0 Å². The predicted octanol–water partition coefficient (Wildman–Crippen LogP) is 10.2. The van der Waals surface area contributed by atoms with Crippen molar-refractivity contribution in [2.45, 2.75) is 103 Å². The molecule has 2 aromatic rings. The molecule has 0 radical (unpaired) electrons. The lowest BCUT2D eigenvalue weighted by molar-refractivity contribution is 0.154. The molecule has 2 saturated carbocycles. The lowest BCUT2D eigenvalue weighted by Gasteiger charge is -2.39. The summed E-state index contributed by atoms with van der Waals surface area (Å²) in [7, 11) is 0. The normalized spacial score (nSPS) is 26.6. The Hall–Kier alpha value is -2.08. The van der Waals surface area contributed by atoms with Crippen molar-refractivity contribution in [3.05, 3.63) is 89.0 Å². The van der Waals surface area contributed by atoms with Gasteiger partial charge >= 0.3 is 0 Å². The third-order valence-corrected chi connectivity index (χ3v) is 9.96. The van der Waals surface area contributed by atoms with Crippen LogP contribution < -0.4 is 0 Å². The SMILES string of the molecule is C=C(CC)C[C@H]1CCc2ccc(C3CCC(C4CCC4)CC3)cc2[C@@H]1CC(=C)c1ccc(C)cc1. The fraction of sp³-hybridized carbons (Fsp3) is 0.543. The van der Waals surface area contributed by atoms with Crippen molar-refractivity contribution in [3.8, 4) is 0 Å². The van der Waals surface area contributed by atoms with Crippen LogP contribution in [0.15, 0.2) is 61.2 Å². The zero-order valence-corrected chi connectivity index (χ0v) is 22.3. The highest BCUT2D eigenvalue weighted by Crippen LogP contribution is 2.48. The Morgan fingerprint density at radius 3 is 2.20 bits per heavy atom. The van der Waals surface area contributed by atoms with Crippen molar-refractivity contribution in [2.24, 2.45) is 17.8 Å². The molecule has 0 spiro atoms. The highest BCUT2D eigenvalue weighted by atomic mass is 14.4. The average molecular weight is 467 g/mol. The Bertz CT molecular complexity index is 1030. The Labute approximate surface area is 214 Å². The third kappa shape index (κ3) is 5.52. The summed E-state index contributed by atoms with van der Waals surface area (Å²) in [6.07, 6.45) is 16.0. The molecule has 0 saturated heterocycles. The zero-order valence-electron chi connectivity index (χ0n) is 22.3. The van der Waals surface area contributed by atoms with Crippen LogP contribution in [0.3, 0.4) is 0 Å². The van der Waals surface area contributed by atoms with E-state index in [2.05, 4.69) is 69.5 Å². The van der Waals surface area contributed by atoms with E-state index in [1.807, 2.05) is 0 Å². The van der Waals surface area contributed by atoms with Crippen LogP contribution in [0.25, 0.3) is 5.57 Å². The molecule has 0 heteroatoms. The number of hydrogen-bond donors (Lipinski definition) is 0. The largest absolute Gasteiger partial charge is 0.0999 e. The minimum atomic E-state index is 0.558. The molecule has 0 bridgehead atoms. The van der Waals surface area contributed by atoms with E-state index in [1.165, 1.54) is 86.5 Å². The number of allylic oxidation sites excluding steroid dienone is 2. The van der Waals surface area contributed by atoms with E-state index in [4.69, 9.17) is 0 Å². The molecule has 0 heterocycles. The van der Waals surface area contributed by atoms with Gasteiger partial charge in [-0.25, -0.2) is 0 Å². The van der Waals surface area contributed by atoms with Crippen molar-refractivity contribution < 1.29 is 0 Å². The van der Waals surface area contributed by atoms with Crippen molar-refractivity contribution in [3.63, 3.8) is 0 Å². The Morgan fingerprint density at radius 2 is 1.54 bits per heavy atom. The molecule has 0 aromatic heterocycles. The molecule has 3 aliphatic carbocycles. The van der Waals surface area contributed by atoms with Crippen LogP contribution in [0.5, 0.6) is 0 Å². The van der Waals surface area contributed by atoms with Crippen LogP contribution in [-0.4, -0.2) is 0 Å². The molecule has 0 amide bonds. The quantitative estimate of drug-likeness (QED) is 0.339. The van der Waals surface area contributed by atoms with Crippen molar-refractivity contribution in [1.82, 2.24) is 0 Å². The summed E-state index contributed by atoms with van der Waals surface area (Å²) >= 11 is 0. The lowest BCUT2D eigenvalue weighted by atomic mass is 9.66. The Morgan fingerprint density at radius 1 is 0.829 bits per heavy atom. The van der Waals surface area contributed by atoms with Gasteiger partial charge in [-0.05, 0) is 122 Å². The predicted molar refractivity (Wildman–Crippen MR) is 152 cm³/mol. The molecule has 0 aliphatic heterocycles. The fourth-order valence-electron chi connectivity index (χ4n) is 7.28. The van der Waals surface area contributed by atoms with Crippen LogP contribution >= 0.6 is 0 Å². The minimum Gasteiger partial charge on any atom is -0.0999 e. The summed E-state index contributed by atoms with van der Waals surface area (Å²) in [5.74, 6) is 4.09. The van der Waals surface area contributed by atoms with Gasteiger partial charge in [0.2, 0.25) is 0 Å². The van der Waals surface area contributed by atoms with Crippen LogP contribution in [0.2, 0.25) is 0 Å². The first-order chi connectivity index (χ1) is 17.0. The molecule has 186 valence electrons. The number of hydrogen-bond acceptors (Lipinski definition) is 0. The minimum absolute atomic E-state index is 0.558. The highest BCUT2D eigenvalue weighted by molar-refractivity contribution is 5.64. The van der Waals surface area contributed by atoms with Crippen molar-refractivity contribution in [1.29, 1.82) is 0 Å². The van der Waals surface area contributed by atoms with Crippen LogP contribution in [0.4, 0.5) is 0 Å². The first kappa shape index (κ1) is 24.6. The second kappa shape index (κ2) is 10.9. The summed E-state index contributed by atoms with van der Waals surface area (Å²) in [6.45, 7) is 13.4. The van der Waals surface area contributed by atoms with Gasteiger partial charge in [0.15, 0.2) is 0 Å². The molecule has 2 fully saturated rings. The maximum Gasteiger partial charge on any atom is -0.00872 e. The van der Waals surface area contributed by atoms with Gasteiger partial charge in [0.25, 0.3) is 0 Å². The standard InChI is InChI=1S/C35H46/c1-5-24(2)21-33-20-18-31-17-19-32(30-15-13-29(14-16-30)28-7-6-8-28)23-35(31)34(33)22-26(4)27-11-9-25(3)10-12-27/h9-12,17,19,23,28-30,33-34H,2,4-8,13-16,18,20-22H2,1,3H3/t29?,30?,33-,34-/m1/s1. The third-order valence-electron chi connectivity index (χ3n) is 9.96. The first-order valence-corrected chi connectivity index (χ1v) is 14.6. The fourth-order valence-corrected chi connectivity index (χ4v) is 7.28. The van der Waals surface area contributed by atoms with Gasteiger partial charge in [-0.2, -0.15) is 0 Å². The monoisotopic (exact) mass is 466 g/mol.